The Bertz CT molecular complexity index is 1280. The lowest BCUT2D eigenvalue weighted by molar-refractivity contribution is -0.123. The summed E-state index contributed by atoms with van der Waals surface area (Å²) in [6.45, 7) is 0.401. The standard InChI is InChI=1S/C26H21ClN2O5/c27-18-7-5-6-17(12-18)13-24-26(31)29(20-8-1-2-9-21(20)34-24)15-25(30)28-14-19-16-32-22-10-3-4-11-23(22)33-19/h1-13,19H,14-16H2,(H,28,30)/b24-13+. The molecule has 2 aliphatic rings. The van der Waals surface area contributed by atoms with Crippen molar-refractivity contribution in [3.63, 3.8) is 0 Å². The van der Waals surface area contributed by atoms with Crippen LogP contribution < -0.4 is 24.4 Å². The van der Waals surface area contributed by atoms with Crippen LogP contribution in [0.2, 0.25) is 5.02 Å². The number of hydrogen-bond donors (Lipinski definition) is 1. The molecule has 0 radical (unpaired) electrons. The van der Waals surface area contributed by atoms with Crippen LogP contribution in [0.5, 0.6) is 17.2 Å². The molecule has 1 atom stereocenters. The van der Waals surface area contributed by atoms with Gasteiger partial charge in [0.1, 0.15) is 19.3 Å². The van der Waals surface area contributed by atoms with Crippen LogP contribution in [0.4, 0.5) is 5.69 Å². The maximum Gasteiger partial charge on any atom is 0.294 e. The number of para-hydroxylation sites is 4. The number of ether oxygens (including phenoxy) is 3. The SMILES string of the molecule is O=C(CN1C(=O)/C(=C\c2cccc(Cl)c2)Oc2ccccc21)NCC1COc2ccccc2O1. The van der Waals surface area contributed by atoms with E-state index < -0.39 is 5.91 Å². The first-order chi connectivity index (χ1) is 16.6. The van der Waals surface area contributed by atoms with Gasteiger partial charge >= 0.3 is 0 Å². The predicted molar refractivity (Wildman–Crippen MR) is 128 cm³/mol. The van der Waals surface area contributed by atoms with Gasteiger partial charge < -0.3 is 19.5 Å². The Morgan fingerprint density at radius 2 is 1.79 bits per heavy atom. The normalized spacial score (nSPS) is 17.7. The Labute approximate surface area is 201 Å². The molecular formula is C26H21ClN2O5. The Balaban J connectivity index is 1.29. The largest absolute Gasteiger partial charge is 0.486 e. The van der Waals surface area contributed by atoms with Crippen LogP contribution in [0.1, 0.15) is 5.56 Å². The van der Waals surface area contributed by atoms with Gasteiger partial charge in [0, 0.05) is 5.02 Å². The first kappa shape index (κ1) is 21.9. The average molecular weight is 477 g/mol. The minimum absolute atomic E-state index is 0.106. The van der Waals surface area contributed by atoms with Crippen LogP contribution in [0.25, 0.3) is 6.08 Å². The predicted octanol–water partition coefficient (Wildman–Crippen LogP) is 4.06. The van der Waals surface area contributed by atoms with Crippen LogP contribution in [0, 0.1) is 0 Å². The molecule has 8 heteroatoms. The van der Waals surface area contributed by atoms with E-state index >= 15 is 0 Å². The topological polar surface area (TPSA) is 77.1 Å². The summed E-state index contributed by atoms with van der Waals surface area (Å²) in [5, 5.41) is 3.39. The van der Waals surface area contributed by atoms with Crippen LogP contribution in [0.15, 0.2) is 78.6 Å². The van der Waals surface area contributed by atoms with Gasteiger partial charge in [0.15, 0.2) is 23.0 Å². The molecule has 0 aromatic heterocycles. The highest BCUT2D eigenvalue weighted by atomic mass is 35.5. The maximum atomic E-state index is 13.2. The molecule has 34 heavy (non-hydrogen) atoms. The number of benzene rings is 3. The zero-order valence-corrected chi connectivity index (χ0v) is 18.8. The van der Waals surface area contributed by atoms with E-state index in [1.807, 2.05) is 36.4 Å². The number of fused-ring (bicyclic) bond motifs is 2. The number of nitrogens with one attached hydrogen (secondary N) is 1. The summed E-state index contributed by atoms with van der Waals surface area (Å²) < 4.78 is 17.4. The Kier molecular flexibility index (Phi) is 6.10. The highest BCUT2D eigenvalue weighted by Crippen LogP contribution is 2.35. The van der Waals surface area contributed by atoms with Crippen molar-refractivity contribution in [3.05, 3.63) is 89.1 Å². The summed E-state index contributed by atoms with van der Waals surface area (Å²) in [6, 6.07) is 21.6. The monoisotopic (exact) mass is 476 g/mol. The number of hydrogen-bond acceptors (Lipinski definition) is 5. The minimum atomic E-state index is -0.417. The van der Waals surface area contributed by atoms with Gasteiger partial charge in [-0.25, -0.2) is 0 Å². The van der Waals surface area contributed by atoms with E-state index in [0.717, 1.165) is 5.56 Å². The first-order valence-corrected chi connectivity index (χ1v) is 11.2. The molecule has 0 saturated heterocycles. The van der Waals surface area contributed by atoms with E-state index in [-0.39, 0.29) is 30.9 Å². The summed E-state index contributed by atoms with van der Waals surface area (Å²) in [6.07, 6.45) is 1.28. The van der Waals surface area contributed by atoms with Crippen molar-refractivity contribution >= 4 is 35.2 Å². The lowest BCUT2D eigenvalue weighted by Gasteiger charge is -2.30. The van der Waals surface area contributed by atoms with Crippen molar-refractivity contribution in [1.29, 1.82) is 0 Å². The first-order valence-electron chi connectivity index (χ1n) is 10.8. The molecule has 0 saturated carbocycles. The third-order valence-electron chi connectivity index (χ3n) is 5.37. The van der Waals surface area contributed by atoms with Crippen molar-refractivity contribution in [2.45, 2.75) is 6.10 Å². The second-order valence-electron chi connectivity index (χ2n) is 7.83. The maximum absolute atomic E-state index is 13.2. The van der Waals surface area contributed by atoms with Crippen molar-refractivity contribution in [3.8, 4) is 17.2 Å². The number of carbonyl (C=O) groups excluding carboxylic acids is 2. The molecule has 2 aliphatic heterocycles. The summed E-state index contributed by atoms with van der Waals surface area (Å²) in [7, 11) is 0. The van der Waals surface area contributed by atoms with Crippen LogP contribution in [0.3, 0.4) is 0 Å². The van der Waals surface area contributed by atoms with E-state index in [0.29, 0.717) is 34.6 Å². The molecule has 5 rings (SSSR count). The average Bonchev–Trinajstić information content (AvgIpc) is 2.85. The fourth-order valence-corrected chi connectivity index (χ4v) is 3.96. The van der Waals surface area contributed by atoms with Crippen molar-refractivity contribution in [2.24, 2.45) is 0 Å². The van der Waals surface area contributed by atoms with Crippen molar-refractivity contribution in [1.82, 2.24) is 5.32 Å². The zero-order valence-electron chi connectivity index (χ0n) is 18.1. The minimum Gasteiger partial charge on any atom is -0.486 e. The summed E-state index contributed by atoms with van der Waals surface area (Å²) in [4.78, 5) is 27.4. The number of anilines is 1. The molecule has 0 fully saturated rings. The molecule has 0 aliphatic carbocycles. The Hall–Kier alpha value is -3.97. The third-order valence-corrected chi connectivity index (χ3v) is 5.61. The second kappa shape index (κ2) is 9.49. The Morgan fingerprint density at radius 1 is 1.03 bits per heavy atom. The molecule has 0 spiro atoms. The van der Waals surface area contributed by atoms with Gasteiger partial charge in [-0.05, 0) is 48.0 Å². The number of amides is 2. The van der Waals surface area contributed by atoms with Gasteiger partial charge in [-0.1, -0.05) is 48.0 Å². The van der Waals surface area contributed by atoms with Gasteiger partial charge in [-0.3, -0.25) is 14.5 Å². The number of carbonyl (C=O) groups is 2. The van der Waals surface area contributed by atoms with Crippen molar-refractivity contribution < 1.29 is 23.8 Å². The molecule has 2 amide bonds. The molecular weight excluding hydrogens is 456 g/mol. The van der Waals surface area contributed by atoms with Gasteiger partial charge in [0.25, 0.3) is 5.91 Å². The number of rotatable bonds is 5. The van der Waals surface area contributed by atoms with Gasteiger partial charge in [-0.15, -0.1) is 0 Å². The molecule has 3 aromatic rings. The van der Waals surface area contributed by atoms with Gasteiger partial charge in [0.05, 0.1) is 12.2 Å². The number of nitrogens with zero attached hydrogens (tertiary/aromatic N) is 1. The number of halogens is 1. The molecule has 7 nitrogen and oxygen atoms in total. The zero-order chi connectivity index (χ0) is 23.5. The van der Waals surface area contributed by atoms with Crippen LogP contribution >= 0.6 is 11.6 Å². The van der Waals surface area contributed by atoms with Crippen LogP contribution in [-0.2, 0) is 9.59 Å². The molecule has 0 bridgehead atoms. The Morgan fingerprint density at radius 3 is 2.62 bits per heavy atom. The van der Waals surface area contributed by atoms with Gasteiger partial charge in [0.2, 0.25) is 5.91 Å². The highest BCUT2D eigenvalue weighted by Gasteiger charge is 2.32. The fourth-order valence-electron chi connectivity index (χ4n) is 3.76. The highest BCUT2D eigenvalue weighted by molar-refractivity contribution is 6.30. The molecule has 1 N–H and O–H groups in total. The summed E-state index contributed by atoms with van der Waals surface area (Å²) in [5.41, 5.74) is 1.24. The van der Waals surface area contributed by atoms with E-state index in [9.17, 15) is 9.59 Å². The smallest absolute Gasteiger partial charge is 0.294 e. The van der Waals surface area contributed by atoms with Crippen LogP contribution in [-0.4, -0.2) is 37.6 Å². The summed E-state index contributed by atoms with van der Waals surface area (Å²) in [5.74, 6) is 1.17. The van der Waals surface area contributed by atoms with Crippen molar-refractivity contribution in [2.75, 3.05) is 24.6 Å². The second-order valence-corrected chi connectivity index (χ2v) is 8.26. The van der Waals surface area contributed by atoms with E-state index in [1.165, 1.54) is 4.90 Å². The van der Waals surface area contributed by atoms with Gasteiger partial charge in [-0.2, -0.15) is 0 Å². The quantitative estimate of drug-likeness (QED) is 0.562. The van der Waals surface area contributed by atoms with E-state index in [1.54, 1.807) is 42.5 Å². The lowest BCUT2D eigenvalue weighted by atomic mass is 10.1. The summed E-state index contributed by atoms with van der Waals surface area (Å²) >= 11 is 6.07. The molecule has 2 heterocycles. The molecule has 172 valence electrons. The van der Waals surface area contributed by atoms with E-state index in [4.69, 9.17) is 25.8 Å². The third kappa shape index (κ3) is 4.70. The molecule has 3 aromatic carbocycles. The fraction of sp³-hybridized carbons (Fsp3) is 0.154. The lowest BCUT2D eigenvalue weighted by Crippen LogP contribution is -2.47. The molecule has 1 unspecified atom stereocenters. The van der Waals surface area contributed by atoms with E-state index in [2.05, 4.69) is 5.32 Å².